The average Bonchev–Trinajstić information content (AvgIpc) is 3.75. The zero-order valence-corrected chi connectivity index (χ0v) is 31.7. The first-order chi connectivity index (χ1) is 28.2. The molecule has 0 spiro atoms. The van der Waals surface area contributed by atoms with Crippen molar-refractivity contribution in [1.29, 1.82) is 0 Å². The van der Waals surface area contributed by atoms with Crippen LogP contribution in [0.3, 0.4) is 0 Å². The molecule has 7 rings (SSSR count). The van der Waals surface area contributed by atoms with Crippen molar-refractivity contribution in [3.8, 4) is 0 Å². The van der Waals surface area contributed by atoms with Crippen molar-refractivity contribution >= 4 is 29.0 Å². The van der Waals surface area contributed by atoms with Gasteiger partial charge in [-0.2, -0.15) is 0 Å². The summed E-state index contributed by atoms with van der Waals surface area (Å²) in [4.78, 5) is 58.2. The lowest BCUT2D eigenvalue weighted by Gasteiger charge is -2.35. The van der Waals surface area contributed by atoms with E-state index in [4.69, 9.17) is 10.8 Å². The number of nitrogens with zero attached hydrogens (tertiary/aromatic N) is 5. The van der Waals surface area contributed by atoms with Crippen LogP contribution in [0.4, 0.5) is 21.6 Å². The molecular formula is C45H41FN8O4. The Bertz CT molecular complexity index is 2560. The molecule has 12 nitrogen and oxygen atoms in total. The molecule has 2 heterocycles. The number of halogens is 1. The molecule has 0 saturated carbocycles. The van der Waals surface area contributed by atoms with Crippen molar-refractivity contribution in [2.45, 2.75) is 44.8 Å². The molecule has 0 aliphatic rings. The Morgan fingerprint density at radius 1 is 0.741 bits per heavy atom. The molecule has 7 aromatic rings. The average molecular weight is 777 g/mol. The zero-order valence-electron chi connectivity index (χ0n) is 31.7. The molecule has 0 bridgehead atoms. The monoisotopic (exact) mass is 776 g/mol. The van der Waals surface area contributed by atoms with Crippen molar-refractivity contribution in [3.05, 3.63) is 206 Å². The van der Waals surface area contributed by atoms with Gasteiger partial charge in [0.1, 0.15) is 29.2 Å². The summed E-state index contributed by atoms with van der Waals surface area (Å²) < 4.78 is 18.3. The molecule has 2 amide bonds. The van der Waals surface area contributed by atoms with Crippen LogP contribution in [0, 0.1) is 5.82 Å². The second-order valence-corrected chi connectivity index (χ2v) is 13.7. The third kappa shape index (κ3) is 7.82. The van der Waals surface area contributed by atoms with Gasteiger partial charge in [-0.25, -0.2) is 18.9 Å². The van der Waals surface area contributed by atoms with Gasteiger partial charge in [0.05, 0.1) is 13.0 Å². The topological polar surface area (TPSA) is 159 Å². The summed E-state index contributed by atoms with van der Waals surface area (Å²) in [7, 11) is 0. The quantitative estimate of drug-likeness (QED) is 0.107. The molecule has 0 atom stereocenters. The minimum atomic E-state index is -0.943. The number of rotatable bonds is 14. The van der Waals surface area contributed by atoms with E-state index in [1.807, 2.05) is 97.9 Å². The molecule has 0 aliphatic carbocycles. The molecule has 0 radical (unpaired) electrons. The fourth-order valence-corrected chi connectivity index (χ4v) is 7.03. The number of amides is 2. The molecule has 4 N–H and O–H groups in total. The summed E-state index contributed by atoms with van der Waals surface area (Å²) in [6, 6.07) is 42.2. The van der Waals surface area contributed by atoms with Gasteiger partial charge in [0.15, 0.2) is 0 Å². The highest BCUT2D eigenvalue weighted by atomic mass is 19.1. The third-order valence-electron chi connectivity index (χ3n) is 9.94. The van der Waals surface area contributed by atoms with Crippen LogP contribution in [0.1, 0.15) is 58.2 Å². The fraction of sp³-hybridized carbons (Fsp3) is 0.156. The van der Waals surface area contributed by atoms with Crippen LogP contribution in [0.5, 0.6) is 0 Å². The van der Waals surface area contributed by atoms with Crippen LogP contribution in [0.15, 0.2) is 155 Å². The summed E-state index contributed by atoms with van der Waals surface area (Å²) in [5.74, 6) is -1.89. The smallest absolute Gasteiger partial charge is 0.332 e. The standard InChI is InChI=1S/C45H41FN8O4/c1-2-3-27-52-40(47)39(43(57)53(44(52)58)29-32-15-13-14-22-37(32)46)50-38(55)28-31-23-25-36(26-24-31)49-42(56)41-48-30-54(51-41)45(33-16-7-4-8-17-33,34-18-9-5-10-19-34)35-20-11-6-12-21-35/h4-26,30H,2-3,27-29,47H2,1H3,(H,49,56)(H,50,55). The van der Waals surface area contributed by atoms with Gasteiger partial charge in [-0.3, -0.25) is 23.5 Å². The second kappa shape index (κ2) is 17.2. The second-order valence-electron chi connectivity index (χ2n) is 13.7. The Morgan fingerprint density at radius 3 is 1.88 bits per heavy atom. The van der Waals surface area contributed by atoms with Crippen LogP contribution in [0.2, 0.25) is 0 Å². The number of nitrogens with two attached hydrogens (primary N) is 1. The molecule has 2 aromatic heterocycles. The Labute approximate surface area is 333 Å². The van der Waals surface area contributed by atoms with E-state index in [2.05, 4.69) is 15.6 Å². The predicted molar refractivity (Wildman–Crippen MR) is 221 cm³/mol. The van der Waals surface area contributed by atoms with E-state index in [1.165, 1.54) is 22.8 Å². The van der Waals surface area contributed by atoms with E-state index in [0.717, 1.165) is 27.7 Å². The van der Waals surface area contributed by atoms with Gasteiger partial charge in [-0.05, 0) is 46.9 Å². The normalized spacial score (nSPS) is 11.3. The lowest BCUT2D eigenvalue weighted by molar-refractivity contribution is -0.115. The number of hydrogen-bond acceptors (Lipinski definition) is 7. The van der Waals surface area contributed by atoms with Crippen LogP contribution >= 0.6 is 0 Å². The number of aromatic nitrogens is 5. The maximum absolute atomic E-state index is 14.5. The first-order valence-electron chi connectivity index (χ1n) is 18.9. The first kappa shape index (κ1) is 38.8. The Balaban J connectivity index is 1.10. The number of hydrogen-bond donors (Lipinski definition) is 3. The van der Waals surface area contributed by atoms with Crippen LogP contribution in [-0.4, -0.2) is 35.7 Å². The van der Waals surface area contributed by atoms with Gasteiger partial charge < -0.3 is 16.4 Å². The molecule has 5 aromatic carbocycles. The highest BCUT2D eigenvalue weighted by molar-refractivity contribution is 6.01. The number of benzene rings is 5. The van der Waals surface area contributed by atoms with E-state index in [0.29, 0.717) is 17.7 Å². The number of carbonyl (C=O) groups is 2. The van der Waals surface area contributed by atoms with E-state index >= 15 is 0 Å². The van der Waals surface area contributed by atoms with Crippen molar-refractivity contribution in [3.63, 3.8) is 0 Å². The number of anilines is 3. The van der Waals surface area contributed by atoms with Crippen LogP contribution < -0.4 is 27.6 Å². The Morgan fingerprint density at radius 2 is 1.31 bits per heavy atom. The Hall–Kier alpha value is -7.41. The van der Waals surface area contributed by atoms with Crippen LogP contribution in [0.25, 0.3) is 0 Å². The van der Waals surface area contributed by atoms with E-state index in [1.54, 1.807) is 41.3 Å². The van der Waals surface area contributed by atoms with Crippen molar-refractivity contribution < 1.29 is 14.0 Å². The highest BCUT2D eigenvalue weighted by Gasteiger charge is 2.40. The first-order valence-corrected chi connectivity index (χ1v) is 18.9. The minimum Gasteiger partial charge on any atom is -0.383 e. The predicted octanol–water partition coefficient (Wildman–Crippen LogP) is 6.44. The van der Waals surface area contributed by atoms with Gasteiger partial charge >= 0.3 is 5.69 Å². The maximum Gasteiger partial charge on any atom is 0.332 e. The van der Waals surface area contributed by atoms with Gasteiger partial charge in [-0.15, -0.1) is 5.10 Å². The Kier molecular flexibility index (Phi) is 11.5. The summed E-state index contributed by atoms with van der Waals surface area (Å²) >= 11 is 0. The summed E-state index contributed by atoms with van der Waals surface area (Å²) in [6.45, 7) is 1.81. The molecule has 0 aliphatic heterocycles. The van der Waals surface area contributed by atoms with Gasteiger partial charge in [0.2, 0.25) is 11.7 Å². The molecular weight excluding hydrogens is 736 g/mol. The number of unbranched alkanes of at least 4 members (excludes halogenated alkanes) is 1. The number of nitrogens with one attached hydrogen (secondary N) is 2. The fourth-order valence-electron chi connectivity index (χ4n) is 7.03. The largest absolute Gasteiger partial charge is 0.383 e. The third-order valence-corrected chi connectivity index (χ3v) is 9.94. The molecule has 13 heteroatoms. The maximum atomic E-state index is 14.5. The van der Waals surface area contributed by atoms with Gasteiger partial charge in [-0.1, -0.05) is 135 Å². The summed E-state index contributed by atoms with van der Waals surface area (Å²) in [5, 5.41) is 10.2. The van der Waals surface area contributed by atoms with Gasteiger partial charge in [0.25, 0.3) is 11.5 Å². The summed E-state index contributed by atoms with van der Waals surface area (Å²) in [5.41, 5.74) is 7.50. The molecule has 0 unspecified atom stereocenters. The molecule has 0 fully saturated rings. The molecule has 0 saturated heterocycles. The van der Waals surface area contributed by atoms with Crippen molar-refractivity contribution in [2.24, 2.45) is 0 Å². The lowest BCUT2D eigenvalue weighted by atomic mass is 9.77. The minimum absolute atomic E-state index is 0.0471. The van der Waals surface area contributed by atoms with Gasteiger partial charge in [0, 0.05) is 17.8 Å². The van der Waals surface area contributed by atoms with Crippen LogP contribution in [-0.2, 0) is 29.8 Å². The highest BCUT2D eigenvalue weighted by Crippen LogP contribution is 2.40. The number of nitrogen functional groups attached to an aromatic ring is 1. The number of carbonyl (C=O) groups excluding carboxylic acids is 2. The molecule has 292 valence electrons. The zero-order chi connectivity index (χ0) is 40.6. The summed E-state index contributed by atoms with van der Waals surface area (Å²) in [6.07, 6.45) is 2.74. The molecule has 58 heavy (non-hydrogen) atoms. The SMILES string of the molecule is CCCCn1c(N)c(NC(=O)Cc2ccc(NC(=O)c3ncn(C(c4ccccc4)(c4ccccc4)c4ccccc4)n3)cc2)c(=O)n(Cc2ccccc2F)c1=O. The lowest BCUT2D eigenvalue weighted by Crippen LogP contribution is -2.43. The van der Waals surface area contributed by atoms with Crippen molar-refractivity contribution in [1.82, 2.24) is 23.9 Å². The van der Waals surface area contributed by atoms with Crippen molar-refractivity contribution in [2.75, 3.05) is 16.4 Å². The van der Waals surface area contributed by atoms with E-state index in [9.17, 15) is 23.6 Å². The van der Waals surface area contributed by atoms with E-state index < -0.39 is 34.4 Å². The van der Waals surface area contributed by atoms with E-state index in [-0.39, 0.29) is 42.4 Å².